The van der Waals surface area contributed by atoms with Crippen molar-refractivity contribution in [2.45, 2.75) is 24.8 Å². The van der Waals surface area contributed by atoms with Gasteiger partial charge < -0.3 is 15.5 Å². The average Bonchev–Trinajstić information content (AvgIpc) is 2.48. The van der Waals surface area contributed by atoms with Crippen LogP contribution in [0.5, 0.6) is 0 Å². The fourth-order valence-electron chi connectivity index (χ4n) is 2.35. The Bertz CT molecular complexity index is 584. The van der Waals surface area contributed by atoms with Crippen LogP contribution in [0.4, 0.5) is 31.1 Å². The molecule has 0 radical (unpaired) electrons. The second-order valence-corrected chi connectivity index (χ2v) is 5.17. The van der Waals surface area contributed by atoms with Crippen molar-refractivity contribution >= 4 is 12.2 Å². The minimum Gasteiger partial charge on any atom is -0.465 e. The summed E-state index contributed by atoms with van der Waals surface area (Å²) in [6.45, 7) is -1.68. The topological polar surface area (TPSA) is 69.6 Å². The van der Waals surface area contributed by atoms with Crippen LogP contribution in [0.25, 0.3) is 6.08 Å². The molecule has 0 saturated heterocycles. The Morgan fingerprint density at radius 2 is 1.60 bits per heavy atom. The van der Waals surface area contributed by atoms with Gasteiger partial charge in [-0.1, -0.05) is 42.5 Å². The standard InChI is InChI=1S/C15H15F6NO3/c16-14(17,18)13(15(19,20)21,11(9-23)22-12(24)25)8-4-7-10-5-2-1-3-6-10/h1-7,11,22-23H,8-9H2,(H,24,25)/b7-4+. The van der Waals surface area contributed by atoms with E-state index in [9.17, 15) is 31.1 Å². The van der Waals surface area contributed by atoms with Crippen molar-refractivity contribution in [1.29, 1.82) is 0 Å². The molecule has 1 aromatic rings. The molecule has 1 rings (SSSR count). The van der Waals surface area contributed by atoms with E-state index in [-0.39, 0.29) is 0 Å². The van der Waals surface area contributed by atoms with Gasteiger partial charge in [0.05, 0.1) is 12.6 Å². The Morgan fingerprint density at radius 1 is 1.08 bits per heavy atom. The molecule has 0 aromatic heterocycles. The summed E-state index contributed by atoms with van der Waals surface area (Å²) in [5.74, 6) is 0. The molecule has 3 N–H and O–H groups in total. The van der Waals surface area contributed by atoms with Crippen LogP contribution in [0.3, 0.4) is 0 Å². The fraction of sp³-hybridized carbons (Fsp3) is 0.400. The highest BCUT2D eigenvalue weighted by molar-refractivity contribution is 5.65. The number of amides is 1. The fourth-order valence-corrected chi connectivity index (χ4v) is 2.35. The quantitative estimate of drug-likeness (QED) is 0.666. The van der Waals surface area contributed by atoms with E-state index in [1.165, 1.54) is 12.1 Å². The molecule has 1 unspecified atom stereocenters. The zero-order valence-corrected chi connectivity index (χ0v) is 12.6. The minimum absolute atomic E-state index is 0.368. The zero-order valence-electron chi connectivity index (χ0n) is 12.6. The minimum atomic E-state index is -5.86. The van der Waals surface area contributed by atoms with Gasteiger partial charge in [-0.25, -0.2) is 4.79 Å². The van der Waals surface area contributed by atoms with Crippen molar-refractivity contribution in [3.8, 4) is 0 Å². The van der Waals surface area contributed by atoms with Crippen molar-refractivity contribution in [3.63, 3.8) is 0 Å². The number of aliphatic hydroxyl groups is 1. The molecule has 1 atom stereocenters. The molecule has 0 aliphatic rings. The molecule has 1 amide bonds. The Labute approximate surface area is 138 Å². The van der Waals surface area contributed by atoms with Gasteiger partial charge in [-0.15, -0.1) is 0 Å². The van der Waals surface area contributed by atoms with E-state index in [4.69, 9.17) is 10.2 Å². The first kappa shape index (κ1) is 20.8. The lowest BCUT2D eigenvalue weighted by molar-refractivity contribution is -0.350. The number of halogens is 6. The number of allylic oxidation sites excluding steroid dienone is 1. The third kappa shape index (κ3) is 4.65. The van der Waals surface area contributed by atoms with E-state index >= 15 is 0 Å². The predicted octanol–water partition coefficient (Wildman–Crippen LogP) is 3.83. The maximum Gasteiger partial charge on any atom is 0.405 e. The summed E-state index contributed by atoms with van der Waals surface area (Å²) in [6.07, 6.45) is -13.7. The van der Waals surface area contributed by atoms with Crippen LogP contribution in [-0.2, 0) is 0 Å². The highest BCUT2D eigenvalue weighted by Crippen LogP contribution is 2.55. The molecule has 0 aliphatic heterocycles. The molecule has 0 bridgehead atoms. The Kier molecular flexibility index (Phi) is 6.47. The molecule has 0 fully saturated rings. The van der Waals surface area contributed by atoms with Crippen LogP contribution < -0.4 is 5.32 Å². The molecular formula is C15H15F6NO3. The van der Waals surface area contributed by atoms with Crippen LogP contribution in [0, 0.1) is 5.41 Å². The maximum absolute atomic E-state index is 13.4. The lowest BCUT2D eigenvalue weighted by Gasteiger charge is -2.41. The smallest absolute Gasteiger partial charge is 0.405 e. The SMILES string of the molecule is O=C(O)NC(CO)C(C/C=C/c1ccccc1)(C(F)(F)F)C(F)(F)F. The van der Waals surface area contributed by atoms with Gasteiger partial charge in [-0.2, -0.15) is 26.3 Å². The largest absolute Gasteiger partial charge is 0.465 e. The first-order valence-electron chi connectivity index (χ1n) is 6.91. The third-order valence-corrected chi connectivity index (χ3v) is 3.64. The number of rotatable bonds is 6. The summed E-state index contributed by atoms with van der Waals surface area (Å²) >= 11 is 0. The molecule has 0 saturated carbocycles. The highest BCUT2D eigenvalue weighted by Gasteiger charge is 2.73. The molecule has 10 heteroatoms. The van der Waals surface area contributed by atoms with E-state index in [0.29, 0.717) is 11.6 Å². The molecule has 0 heterocycles. The molecule has 1 aromatic carbocycles. The maximum atomic E-state index is 13.4. The Hall–Kier alpha value is -2.23. The summed E-state index contributed by atoms with van der Waals surface area (Å²) in [4.78, 5) is 10.6. The van der Waals surface area contributed by atoms with Gasteiger partial charge in [0.25, 0.3) is 0 Å². The number of carboxylic acid groups (broad SMARTS) is 1. The second kappa shape index (κ2) is 7.77. The molecule has 0 aliphatic carbocycles. The van der Waals surface area contributed by atoms with E-state index in [2.05, 4.69) is 0 Å². The predicted molar refractivity (Wildman–Crippen MR) is 76.7 cm³/mol. The summed E-state index contributed by atoms with van der Waals surface area (Å²) in [5.41, 5.74) is -4.11. The molecule has 0 spiro atoms. The number of hydrogen-bond donors (Lipinski definition) is 3. The second-order valence-electron chi connectivity index (χ2n) is 5.17. The number of hydrogen-bond acceptors (Lipinski definition) is 2. The third-order valence-electron chi connectivity index (χ3n) is 3.64. The van der Waals surface area contributed by atoms with Crippen molar-refractivity contribution in [2.24, 2.45) is 5.41 Å². The Balaban J connectivity index is 3.34. The van der Waals surface area contributed by atoms with Crippen LogP contribution in [0.2, 0.25) is 0 Å². The number of carbonyl (C=O) groups is 1. The van der Waals surface area contributed by atoms with E-state index in [1.54, 1.807) is 18.2 Å². The van der Waals surface area contributed by atoms with Gasteiger partial charge >= 0.3 is 18.4 Å². The first-order valence-corrected chi connectivity index (χ1v) is 6.91. The van der Waals surface area contributed by atoms with Gasteiger partial charge in [0.15, 0.2) is 5.41 Å². The highest BCUT2D eigenvalue weighted by atomic mass is 19.4. The number of alkyl halides is 6. The summed E-state index contributed by atoms with van der Waals surface area (Å²) in [7, 11) is 0. The monoisotopic (exact) mass is 371 g/mol. The van der Waals surface area contributed by atoms with Gasteiger partial charge in [-0.05, 0) is 12.0 Å². The lowest BCUT2D eigenvalue weighted by Crippen LogP contribution is -2.63. The summed E-state index contributed by atoms with van der Waals surface area (Å²) in [6, 6.07) is 4.83. The summed E-state index contributed by atoms with van der Waals surface area (Å²) in [5, 5.41) is 18.7. The molecule has 140 valence electrons. The number of aliphatic hydroxyl groups excluding tert-OH is 1. The van der Waals surface area contributed by atoms with Crippen LogP contribution in [-0.4, -0.2) is 41.3 Å². The van der Waals surface area contributed by atoms with E-state index in [1.807, 2.05) is 0 Å². The van der Waals surface area contributed by atoms with Gasteiger partial charge in [0, 0.05) is 0 Å². The summed E-state index contributed by atoms with van der Waals surface area (Å²) < 4.78 is 80.3. The van der Waals surface area contributed by atoms with Crippen molar-refractivity contribution in [1.82, 2.24) is 5.32 Å². The van der Waals surface area contributed by atoms with Crippen molar-refractivity contribution in [2.75, 3.05) is 6.61 Å². The Morgan fingerprint density at radius 3 is 2.00 bits per heavy atom. The van der Waals surface area contributed by atoms with Gasteiger partial charge in [0.1, 0.15) is 0 Å². The van der Waals surface area contributed by atoms with Crippen LogP contribution >= 0.6 is 0 Å². The van der Waals surface area contributed by atoms with Gasteiger partial charge in [0.2, 0.25) is 0 Å². The molecule has 4 nitrogen and oxygen atoms in total. The molecular weight excluding hydrogens is 356 g/mol. The molecule has 25 heavy (non-hydrogen) atoms. The van der Waals surface area contributed by atoms with Crippen molar-refractivity contribution < 1.29 is 41.4 Å². The average molecular weight is 371 g/mol. The van der Waals surface area contributed by atoms with E-state index in [0.717, 1.165) is 11.4 Å². The number of benzene rings is 1. The van der Waals surface area contributed by atoms with Crippen LogP contribution in [0.1, 0.15) is 12.0 Å². The normalized spacial score (nSPS) is 14.5. The van der Waals surface area contributed by atoms with Crippen molar-refractivity contribution in [3.05, 3.63) is 42.0 Å². The zero-order chi connectivity index (χ0) is 19.3. The lowest BCUT2D eigenvalue weighted by atomic mass is 9.75. The number of nitrogens with one attached hydrogen (secondary N) is 1. The van der Waals surface area contributed by atoms with Gasteiger partial charge in [-0.3, -0.25) is 0 Å². The van der Waals surface area contributed by atoms with E-state index < -0.39 is 42.9 Å². The van der Waals surface area contributed by atoms with Crippen LogP contribution in [0.15, 0.2) is 36.4 Å². The first-order chi connectivity index (χ1) is 11.5.